The first-order chi connectivity index (χ1) is 13.5. The quantitative estimate of drug-likeness (QED) is 0.801. The summed E-state index contributed by atoms with van der Waals surface area (Å²) in [6.07, 6.45) is 1.09. The van der Waals surface area contributed by atoms with Crippen molar-refractivity contribution in [3.8, 4) is 0 Å². The van der Waals surface area contributed by atoms with Crippen molar-refractivity contribution >= 4 is 5.91 Å². The second kappa shape index (κ2) is 9.85. The Balaban J connectivity index is 1.39. The number of carbonyl (C=O) groups is 1. The molecule has 1 fully saturated rings. The highest BCUT2D eigenvalue weighted by molar-refractivity contribution is 5.78. The minimum atomic E-state index is 0.0407. The number of hydrogen-bond donors (Lipinski definition) is 1. The number of nitrogens with zero attached hydrogens (tertiary/aromatic N) is 2. The third kappa shape index (κ3) is 5.91. The Morgan fingerprint density at radius 2 is 1.64 bits per heavy atom. The molecule has 1 amide bonds. The highest BCUT2D eigenvalue weighted by atomic mass is 16.2. The Bertz CT molecular complexity index is 767. The molecule has 4 heteroatoms. The maximum Gasteiger partial charge on any atom is 0.234 e. The highest BCUT2D eigenvalue weighted by Gasteiger charge is 2.19. The number of benzene rings is 2. The number of amides is 1. The van der Waals surface area contributed by atoms with E-state index in [1.165, 1.54) is 22.3 Å². The first kappa shape index (κ1) is 20.6. The van der Waals surface area contributed by atoms with Gasteiger partial charge in [0.2, 0.25) is 5.91 Å². The molecule has 2 aromatic rings. The maximum absolute atomic E-state index is 12.5. The normalized spacial score (nSPS) is 16.7. The van der Waals surface area contributed by atoms with Gasteiger partial charge in [-0.05, 0) is 49.4 Å². The Morgan fingerprint density at radius 3 is 2.32 bits per heavy atom. The number of piperazine rings is 1. The van der Waals surface area contributed by atoms with Crippen LogP contribution in [-0.2, 0) is 11.2 Å². The van der Waals surface area contributed by atoms with Crippen LogP contribution in [0.5, 0.6) is 0 Å². The van der Waals surface area contributed by atoms with Crippen molar-refractivity contribution in [1.29, 1.82) is 0 Å². The summed E-state index contributed by atoms with van der Waals surface area (Å²) in [4.78, 5) is 17.2. The molecular weight excluding hydrogens is 346 g/mol. The molecule has 0 aromatic heterocycles. The first-order valence-corrected chi connectivity index (χ1v) is 10.4. The molecule has 2 aromatic carbocycles. The molecule has 0 radical (unpaired) electrons. The average molecular weight is 380 g/mol. The van der Waals surface area contributed by atoms with Gasteiger partial charge in [-0.25, -0.2) is 0 Å². The van der Waals surface area contributed by atoms with E-state index >= 15 is 0 Å². The lowest BCUT2D eigenvalue weighted by Gasteiger charge is -2.34. The molecule has 0 aliphatic carbocycles. The summed E-state index contributed by atoms with van der Waals surface area (Å²) in [6.45, 7) is 11.9. The fraction of sp³-hybridized carbons (Fsp3) is 0.458. The van der Waals surface area contributed by atoms with Gasteiger partial charge in [-0.2, -0.15) is 0 Å². The Kier molecular flexibility index (Phi) is 7.24. The Morgan fingerprint density at radius 1 is 0.964 bits per heavy atom. The molecule has 3 rings (SSSR count). The van der Waals surface area contributed by atoms with Gasteiger partial charge < -0.3 is 10.2 Å². The lowest BCUT2D eigenvalue weighted by atomic mass is 10.0. The molecule has 150 valence electrons. The molecule has 4 nitrogen and oxygen atoms in total. The van der Waals surface area contributed by atoms with E-state index in [-0.39, 0.29) is 11.9 Å². The Hall–Kier alpha value is -2.17. The van der Waals surface area contributed by atoms with Gasteiger partial charge in [0.25, 0.3) is 0 Å². The summed E-state index contributed by atoms with van der Waals surface area (Å²) >= 11 is 0. The lowest BCUT2D eigenvalue weighted by molar-refractivity contribution is -0.123. The average Bonchev–Trinajstić information content (AvgIpc) is 2.70. The molecule has 1 unspecified atom stereocenters. The second-order valence-electron chi connectivity index (χ2n) is 7.99. The van der Waals surface area contributed by atoms with Crippen molar-refractivity contribution in [1.82, 2.24) is 15.1 Å². The van der Waals surface area contributed by atoms with Crippen LogP contribution in [0.3, 0.4) is 0 Å². The van der Waals surface area contributed by atoms with Crippen LogP contribution in [0.25, 0.3) is 0 Å². The third-order valence-electron chi connectivity index (χ3n) is 5.80. The van der Waals surface area contributed by atoms with Gasteiger partial charge in [-0.1, -0.05) is 48.5 Å². The predicted octanol–water partition coefficient (Wildman–Crippen LogP) is 3.34. The van der Waals surface area contributed by atoms with Crippen molar-refractivity contribution < 1.29 is 4.79 Å². The van der Waals surface area contributed by atoms with Gasteiger partial charge in [0.05, 0.1) is 12.6 Å². The van der Waals surface area contributed by atoms with Crippen molar-refractivity contribution in [3.05, 3.63) is 70.8 Å². The second-order valence-corrected chi connectivity index (χ2v) is 7.99. The van der Waals surface area contributed by atoms with Crippen LogP contribution in [0.2, 0.25) is 0 Å². The third-order valence-corrected chi connectivity index (χ3v) is 5.80. The lowest BCUT2D eigenvalue weighted by Crippen LogP contribution is -2.50. The van der Waals surface area contributed by atoms with E-state index in [9.17, 15) is 4.79 Å². The molecule has 28 heavy (non-hydrogen) atoms. The predicted molar refractivity (Wildman–Crippen MR) is 115 cm³/mol. The first-order valence-electron chi connectivity index (χ1n) is 10.4. The van der Waals surface area contributed by atoms with E-state index in [4.69, 9.17) is 0 Å². The van der Waals surface area contributed by atoms with Gasteiger partial charge in [0.15, 0.2) is 0 Å². The largest absolute Gasteiger partial charge is 0.348 e. The van der Waals surface area contributed by atoms with Crippen LogP contribution in [0.4, 0.5) is 0 Å². The minimum absolute atomic E-state index is 0.0407. The molecule has 1 aliphatic heterocycles. The molecule has 1 aliphatic rings. The molecule has 0 saturated carbocycles. The number of aryl methyl sites for hydroxylation is 2. The van der Waals surface area contributed by atoms with Crippen LogP contribution in [0, 0.1) is 13.8 Å². The summed E-state index contributed by atoms with van der Waals surface area (Å²) in [6, 6.07) is 17.1. The summed E-state index contributed by atoms with van der Waals surface area (Å²) in [7, 11) is 0. The van der Waals surface area contributed by atoms with Gasteiger partial charge in [0.1, 0.15) is 0 Å². The summed E-state index contributed by atoms with van der Waals surface area (Å²) < 4.78 is 0. The van der Waals surface area contributed by atoms with E-state index in [1.807, 2.05) is 0 Å². The van der Waals surface area contributed by atoms with E-state index < -0.39 is 0 Å². The van der Waals surface area contributed by atoms with Crippen LogP contribution in [0.1, 0.15) is 35.2 Å². The number of rotatable bonds is 7. The number of hydrogen-bond acceptors (Lipinski definition) is 3. The maximum atomic E-state index is 12.5. The zero-order chi connectivity index (χ0) is 19.9. The summed E-state index contributed by atoms with van der Waals surface area (Å²) in [5.41, 5.74) is 5.12. The molecular formula is C24H33N3O. The van der Waals surface area contributed by atoms with Crippen molar-refractivity contribution in [2.24, 2.45) is 0 Å². The van der Waals surface area contributed by atoms with E-state index in [2.05, 4.69) is 84.4 Å². The minimum Gasteiger partial charge on any atom is -0.348 e. The monoisotopic (exact) mass is 379 g/mol. The molecule has 1 atom stereocenters. The Labute approximate surface area is 169 Å². The topological polar surface area (TPSA) is 35.6 Å². The molecule has 0 bridgehead atoms. The van der Waals surface area contributed by atoms with Gasteiger partial charge in [-0.15, -0.1) is 0 Å². The van der Waals surface area contributed by atoms with E-state index in [0.717, 1.165) is 39.1 Å². The molecule has 1 saturated heterocycles. The van der Waals surface area contributed by atoms with Crippen LogP contribution in [-0.4, -0.2) is 55.0 Å². The SMILES string of the molecule is Cc1ccc(C(C)NC(=O)CN2CCN(CCc3ccccc3)CC2)cc1C. The van der Waals surface area contributed by atoms with E-state index in [0.29, 0.717) is 6.54 Å². The zero-order valence-corrected chi connectivity index (χ0v) is 17.4. The summed E-state index contributed by atoms with van der Waals surface area (Å²) in [5, 5.41) is 3.15. The van der Waals surface area contributed by atoms with Gasteiger partial charge in [0, 0.05) is 32.7 Å². The summed E-state index contributed by atoms with van der Waals surface area (Å²) in [5.74, 6) is 0.114. The molecule has 0 spiro atoms. The van der Waals surface area contributed by atoms with Crippen molar-refractivity contribution in [2.75, 3.05) is 39.3 Å². The standard InChI is InChI=1S/C24H33N3O/c1-19-9-10-23(17-20(19)2)21(3)25-24(28)18-27-15-13-26(14-16-27)12-11-22-7-5-4-6-8-22/h4-10,17,21H,11-16,18H2,1-3H3,(H,25,28). The van der Waals surface area contributed by atoms with Gasteiger partial charge in [-0.3, -0.25) is 9.69 Å². The van der Waals surface area contributed by atoms with Crippen LogP contribution >= 0.6 is 0 Å². The number of carbonyl (C=O) groups excluding carboxylic acids is 1. The van der Waals surface area contributed by atoms with Crippen molar-refractivity contribution in [3.63, 3.8) is 0 Å². The van der Waals surface area contributed by atoms with E-state index in [1.54, 1.807) is 0 Å². The molecule has 1 heterocycles. The zero-order valence-electron chi connectivity index (χ0n) is 17.4. The highest BCUT2D eigenvalue weighted by Crippen LogP contribution is 2.16. The molecule has 1 N–H and O–H groups in total. The van der Waals surface area contributed by atoms with Crippen molar-refractivity contribution in [2.45, 2.75) is 33.2 Å². The fourth-order valence-electron chi connectivity index (χ4n) is 3.71. The number of nitrogens with one attached hydrogen (secondary N) is 1. The van der Waals surface area contributed by atoms with Crippen LogP contribution < -0.4 is 5.32 Å². The van der Waals surface area contributed by atoms with Crippen LogP contribution in [0.15, 0.2) is 48.5 Å². The fourth-order valence-corrected chi connectivity index (χ4v) is 3.71. The van der Waals surface area contributed by atoms with Gasteiger partial charge >= 0.3 is 0 Å². The smallest absolute Gasteiger partial charge is 0.234 e.